The van der Waals surface area contributed by atoms with E-state index < -0.39 is 11.9 Å². The molecule has 0 aromatic carbocycles. The third-order valence-electron chi connectivity index (χ3n) is 2.96. The molecule has 0 spiro atoms. The first-order valence-corrected chi connectivity index (χ1v) is 5.77. The molecule has 1 atom stereocenters. The van der Waals surface area contributed by atoms with Crippen molar-refractivity contribution in [3.8, 4) is 0 Å². The van der Waals surface area contributed by atoms with E-state index in [-0.39, 0.29) is 5.92 Å². The van der Waals surface area contributed by atoms with Crippen molar-refractivity contribution < 1.29 is 9.90 Å². The molecule has 1 aromatic rings. The lowest BCUT2D eigenvalue weighted by Crippen LogP contribution is -2.12. The van der Waals surface area contributed by atoms with Crippen LogP contribution in [-0.2, 0) is 11.2 Å². The molecule has 2 N–H and O–H groups in total. The van der Waals surface area contributed by atoms with E-state index in [9.17, 15) is 4.79 Å². The summed E-state index contributed by atoms with van der Waals surface area (Å²) in [6.07, 6.45) is 1.39. The zero-order chi connectivity index (χ0) is 11.9. The Labute approximate surface area is 98.7 Å². The average Bonchev–Trinajstić information content (AvgIpc) is 2.59. The summed E-state index contributed by atoms with van der Waals surface area (Å²) in [7, 11) is 0. The normalized spacial score (nSPS) is 18.8. The summed E-state index contributed by atoms with van der Waals surface area (Å²) in [6.45, 7) is 4.02. The third-order valence-corrected chi connectivity index (χ3v) is 3.15. The molecule has 1 aliphatic carbocycles. The van der Waals surface area contributed by atoms with Gasteiger partial charge in [-0.2, -0.15) is 0 Å². The zero-order valence-electron chi connectivity index (χ0n) is 9.28. The van der Waals surface area contributed by atoms with Gasteiger partial charge in [0.15, 0.2) is 4.77 Å². The van der Waals surface area contributed by atoms with Crippen LogP contribution in [0.3, 0.4) is 0 Å². The zero-order valence-corrected chi connectivity index (χ0v) is 10.1. The van der Waals surface area contributed by atoms with Crippen LogP contribution in [0.4, 0.5) is 0 Å². The van der Waals surface area contributed by atoms with Crippen LogP contribution in [0.1, 0.15) is 49.1 Å². The monoisotopic (exact) mass is 238 g/mol. The Morgan fingerprint density at radius 1 is 1.62 bits per heavy atom. The second-order valence-corrected chi connectivity index (χ2v) is 4.79. The topological polar surface area (TPSA) is 66.0 Å². The molecule has 0 fully saturated rings. The van der Waals surface area contributed by atoms with Gasteiger partial charge in [0.2, 0.25) is 0 Å². The fourth-order valence-electron chi connectivity index (χ4n) is 2.25. The smallest absolute Gasteiger partial charge is 0.311 e. The van der Waals surface area contributed by atoms with Crippen LogP contribution in [0.5, 0.6) is 0 Å². The summed E-state index contributed by atoms with van der Waals surface area (Å²) in [5, 5.41) is 9.17. The van der Waals surface area contributed by atoms with Gasteiger partial charge < -0.3 is 10.1 Å². The maximum absolute atomic E-state index is 11.2. The minimum Gasteiger partial charge on any atom is -0.481 e. The van der Waals surface area contributed by atoms with Gasteiger partial charge in [-0.15, -0.1) is 0 Å². The lowest BCUT2D eigenvalue weighted by Gasteiger charge is -2.13. The largest absolute Gasteiger partial charge is 0.481 e. The molecule has 0 amide bonds. The van der Waals surface area contributed by atoms with Crippen LogP contribution < -0.4 is 0 Å². The van der Waals surface area contributed by atoms with Crippen molar-refractivity contribution in [3.05, 3.63) is 21.7 Å². The molecule has 16 heavy (non-hydrogen) atoms. The highest BCUT2D eigenvalue weighted by atomic mass is 32.1. The highest BCUT2D eigenvalue weighted by Gasteiger charge is 2.32. The summed E-state index contributed by atoms with van der Waals surface area (Å²) >= 11 is 5.05. The van der Waals surface area contributed by atoms with E-state index in [2.05, 4.69) is 9.97 Å². The lowest BCUT2D eigenvalue weighted by molar-refractivity contribution is -0.138. The van der Waals surface area contributed by atoms with Gasteiger partial charge in [0.05, 0.1) is 11.6 Å². The molecule has 2 rings (SSSR count). The number of aryl methyl sites for hydroxylation is 1. The molecule has 0 saturated heterocycles. The number of rotatable bonds is 2. The van der Waals surface area contributed by atoms with Crippen molar-refractivity contribution in [2.75, 3.05) is 0 Å². The molecule has 1 aliphatic rings. The van der Waals surface area contributed by atoms with Crippen molar-refractivity contribution in [1.82, 2.24) is 9.97 Å². The molecule has 1 unspecified atom stereocenters. The van der Waals surface area contributed by atoms with Gasteiger partial charge >= 0.3 is 5.97 Å². The molecule has 4 nitrogen and oxygen atoms in total. The summed E-state index contributed by atoms with van der Waals surface area (Å²) in [6, 6.07) is 0. The summed E-state index contributed by atoms with van der Waals surface area (Å²) in [5.41, 5.74) is 2.65. The fourth-order valence-corrected chi connectivity index (χ4v) is 2.48. The quantitative estimate of drug-likeness (QED) is 0.776. The molecule has 5 heteroatoms. The van der Waals surface area contributed by atoms with Crippen molar-refractivity contribution in [3.63, 3.8) is 0 Å². The highest BCUT2D eigenvalue weighted by molar-refractivity contribution is 7.71. The van der Waals surface area contributed by atoms with E-state index in [0.717, 1.165) is 23.4 Å². The van der Waals surface area contributed by atoms with Gasteiger partial charge in [0, 0.05) is 11.3 Å². The number of carboxylic acids is 1. The SMILES string of the molecule is CC(C)c1nc(=S)[nH]c2c1C(C(=O)O)CC2. The van der Waals surface area contributed by atoms with Crippen molar-refractivity contribution >= 4 is 18.2 Å². The Bertz CT molecular complexity index is 493. The summed E-state index contributed by atoms with van der Waals surface area (Å²) in [5.74, 6) is -0.996. The van der Waals surface area contributed by atoms with Gasteiger partial charge in [0.1, 0.15) is 0 Å². The van der Waals surface area contributed by atoms with Gasteiger partial charge in [-0.1, -0.05) is 13.8 Å². The predicted octanol–water partition coefficient (Wildman–Crippen LogP) is 2.38. The van der Waals surface area contributed by atoms with E-state index in [1.165, 1.54) is 0 Å². The van der Waals surface area contributed by atoms with E-state index in [1.54, 1.807) is 0 Å². The van der Waals surface area contributed by atoms with Crippen molar-refractivity contribution in [2.24, 2.45) is 0 Å². The summed E-state index contributed by atoms with van der Waals surface area (Å²) < 4.78 is 0.452. The van der Waals surface area contributed by atoms with Gasteiger partial charge in [-0.25, -0.2) is 4.98 Å². The summed E-state index contributed by atoms with van der Waals surface area (Å²) in [4.78, 5) is 18.4. The highest BCUT2D eigenvalue weighted by Crippen LogP contribution is 2.36. The number of nitrogens with zero attached hydrogens (tertiary/aromatic N) is 1. The second kappa shape index (κ2) is 3.97. The molecule has 0 bridgehead atoms. The van der Waals surface area contributed by atoms with Crippen LogP contribution in [0.2, 0.25) is 0 Å². The number of nitrogens with one attached hydrogen (secondary N) is 1. The Morgan fingerprint density at radius 3 is 2.88 bits per heavy atom. The first-order chi connectivity index (χ1) is 7.50. The minimum atomic E-state index is -0.770. The second-order valence-electron chi connectivity index (χ2n) is 4.40. The van der Waals surface area contributed by atoms with Crippen LogP contribution in [0.25, 0.3) is 0 Å². The molecule has 1 aromatic heterocycles. The molecule has 0 radical (unpaired) electrons. The van der Waals surface area contributed by atoms with Crippen LogP contribution in [0.15, 0.2) is 0 Å². The Morgan fingerprint density at radius 2 is 2.31 bits per heavy atom. The molecule has 86 valence electrons. The van der Waals surface area contributed by atoms with Gasteiger partial charge in [-0.05, 0) is 31.0 Å². The van der Waals surface area contributed by atoms with Gasteiger partial charge in [-0.3, -0.25) is 4.79 Å². The first kappa shape index (κ1) is 11.3. The number of aromatic nitrogens is 2. The Balaban J connectivity index is 2.63. The average molecular weight is 238 g/mol. The molecule has 0 aliphatic heterocycles. The Hall–Kier alpha value is -1.23. The number of hydrogen-bond donors (Lipinski definition) is 2. The lowest BCUT2D eigenvalue weighted by atomic mass is 9.96. The standard InChI is InChI=1S/C11H14N2O2S/c1-5(2)9-8-6(10(14)15)3-4-7(8)12-11(16)13-9/h5-6H,3-4H2,1-2H3,(H,14,15)(H,12,13,16). The van der Waals surface area contributed by atoms with Crippen molar-refractivity contribution in [2.45, 2.75) is 38.5 Å². The number of carbonyl (C=O) groups is 1. The fraction of sp³-hybridized carbons (Fsp3) is 0.545. The van der Waals surface area contributed by atoms with Crippen LogP contribution >= 0.6 is 12.2 Å². The first-order valence-electron chi connectivity index (χ1n) is 5.36. The number of aliphatic carboxylic acids is 1. The number of fused-ring (bicyclic) bond motifs is 1. The van der Waals surface area contributed by atoms with Gasteiger partial charge in [0.25, 0.3) is 0 Å². The number of H-pyrrole nitrogens is 1. The maximum Gasteiger partial charge on any atom is 0.311 e. The van der Waals surface area contributed by atoms with Crippen LogP contribution in [-0.4, -0.2) is 21.0 Å². The van der Waals surface area contributed by atoms with E-state index in [1.807, 2.05) is 13.8 Å². The van der Waals surface area contributed by atoms with E-state index in [4.69, 9.17) is 17.3 Å². The predicted molar refractivity (Wildman–Crippen MR) is 62.2 cm³/mol. The number of aromatic amines is 1. The van der Waals surface area contributed by atoms with E-state index in [0.29, 0.717) is 11.2 Å². The molecular weight excluding hydrogens is 224 g/mol. The van der Waals surface area contributed by atoms with E-state index >= 15 is 0 Å². The minimum absolute atomic E-state index is 0.199. The van der Waals surface area contributed by atoms with Crippen LogP contribution in [0, 0.1) is 4.77 Å². The third kappa shape index (κ3) is 1.75. The molecule has 0 saturated carbocycles. The number of hydrogen-bond acceptors (Lipinski definition) is 3. The molecule has 1 heterocycles. The Kier molecular flexibility index (Phi) is 2.80. The maximum atomic E-state index is 11.2. The molecular formula is C11H14N2O2S. The van der Waals surface area contributed by atoms with Crippen molar-refractivity contribution in [1.29, 1.82) is 0 Å². The number of carboxylic acid groups (broad SMARTS) is 1.